The van der Waals surface area contributed by atoms with Gasteiger partial charge in [-0.05, 0) is 43.0 Å². The third kappa shape index (κ3) is 3.61. The van der Waals surface area contributed by atoms with E-state index in [9.17, 15) is 10.1 Å². The Morgan fingerprint density at radius 1 is 1.07 bits per heavy atom. The van der Waals surface area contributed by atoms with E-state index in [2.05, 4.69) is 11.0 Å². The summed E-state index contributed by atoms with van der Waals surface area (Å²) in [5, 5.41) is 9.40. The summed E-state index contributed by atoms with van der Waals surface area (Å²) in [6.07, 6.45) is 2.81. The number of anilines is 1. The Balaban J connectivity index is 1.60. The van der Waals surface area contributed by atoms with Gasteiger partial charge in [0.05, 0.1) is 23.9 Å². The van der Waals surface area contributed by atoms with Gasteiger partial charge >= 0.3 is 0 Å². The fourth-order valence-corrected chi connectivity index (χ4v) is 3.88. The second kappa shape index (κ2) is 7.71. The molecule has 0 unspecified atom stereocenters. The van der Waals surface area contributed by atoms with Crippen LogP contribution < -0.4 is 9.64 Å². The molecular weight excluding hydrogens is 338 g/mol. The molecule has 1 atom stereocenters. The number of para-hydroxylation sites is 2. The van der Waals surface area contributed by atoms with Crippen molar-refractivity contribution in [2.24, 2.45) is 0 Å². The number of benzene rings is 2. The zero-order valence-corrected chi connectivity index (χ0v) is 15.3. The van der Waals surface area contributed by atoms with Crippen molar-refractivity contribution in [1.29, 1.82) is 5.26 Å². The minimum absolute atomic E-state index is 0.0720. The van der Waals surface area contributed by atoms with Crippen LogP contribution in [-0.4, -0.2) is 36.5 Å². The van der Waals surface area contributed by atoms with Crippen molar-refractivity contribution in [3.8, 4) is 11.8 Å². The molecule has 4 rings (SSSR count). The molecule has 2 aliphatic rings. The number of nitriles is 1. The molecule has 0 bridgehead atoms. The quantitative estimate of drug-likeness (QED) is 0.841. The molecule has 5 nitrogen and oxygen atoms in total. The molecule has 1 fully saturated rings. The molecule has 0 N–H and O–H groups in total. The second-order valence-corrected chi connectivity index (χ2v) is 7.11. The van der Waals surface area contributed by atoms with Gasteiger partial charge in [0, 0.05) is 19.6 Å². The van der Waals surface area contributed by atoms with E-state index in [1.807, 2.05) is 53.4 Å². The minimum Gasteiger partial charge on any atom is -0.477 e. The molecule has 0 saturated carbocycles. The number of piperidine rings is 1. The Bertz CT molecular complexity index is 868. The maximum Gasteiger partial charge on any atom is 0.265 e. The lowest BCUT2D eigenvalue weighted by Gasteiger charge is -2.38. The Hall–Kier alpha value is -3.00. The lowest BCUT2D eigenvalue weighted by Crippen LogP contribution is -2.51. The van der Waals surface area contributed by atoms with E-state index in [1.165, 1.54) is 6.42 Å². The largest absolute Gasteiger partial charge is 0.477 e. The number of ether oxygens (including phenoxy) is 1. The molecule has 27 heavy (non-hydrogen) atoms. The van der Waals surface area contributed by atoms with Crippen LogP contribution in [0.2, 0.25) is 0 Å². The molecule has 2 aliphatic heterocycles. The highest BCUT2D eigenvalue weighted by Crippen LogP contribution is 2.35. The number of hydrogen-bond acceptors (Lipinski definition) is 4. The van der Waals surface area contributed by atoms with E-state index >= 15 is 0 Å². The third-order valence-electron chi connectivity index (χ3n) is 5.30. The number of carbonyl (C=O) groups excluding carboxylic acids is 1. The molecule has 0 aliphatic carbocycles. The van der Waals surface area contributed by atoms with Gasteiger partial charge in [0.15, 0.2) is 6.10 Å². The van der Waals surface area contributed by atoms with Crippen LogP contribution in [0, 0.1) is 11.3 Å². The van der Waals surface area contributed by atoms with E-state index < -0.39 is 6.10 Å². The van der Waals surface area contributed by atoms with Gasteiger partial charge in [0.2, 0.25) is 0 Å². The monoisotopic (exact) mass is 361 g/mol. The van der Waals surface area contributed by atoms with Crippen LogP contribution in [0.5, 0.6) is 5.75 Å². The summed E-state index contributed by atoms with van der Waals surface area (Å²) in [5.74, 6) is 0.802. The minimum atomic E-state index is -0.507. The Kier molecular flexibility index (Phi) is 4.97. The number of amides is 1. The van der Waals surface area contributed by atoms with Gasteiger partial charge in [0.1, 0.15) is 5.75 Å². The first-order valence-corrected chi connectivity index (χ1v) is 9.53. The molecule has 138 valence electrons. The summed E-state index contributed by atoms with van der Waals surface area (Å²) in [6, 6.07) is 17.7. The summed E-state index contributed by atoms with van der Waals surface area (Å²) in [7, 11) is 0. The van der Waals surface area contributed by atoms with Crippen LogP contribution >= 0.6 is 0 Å². The standard InChI is InChI=1S/C22H23N3O2/c23-14-17-8-2-3-9-18(17)15-25-16-21(22(26)24-12-6-1-7-13-24)27-20-11-5-4-10-19(20)25/h2-5,8-11,21H,1,6-7,12-13,15-16H2/t21-/m1/s1. The van der Waals surface area contributed by atoms with Gasteiger partial charge in [0.25, 0.3) is 5.91 Å². The molecule has 1 amide bonds. The van der Waals surface area contributed by atoms with Crippen LogP contribution in [0.15, 0.2) is 48.5 Å². The van der Waals surface area contributed by atoms with Crippen molar-refractivity contribution >= 4 is 11.6 Å². The van der Waals surface area contributed by atoms with Crippen LogP contribution in [0.3, 0.4) is 0 Å². The summed E-state index contributed by atoms with van der Waals surface area (Å²) < 4.78 is 6.07. The molecular formula is C22H23N3O2. The molecule has 0 spiro atoms. The highest BCUT2D eigenvalue weighted by Gasteiger charge is 2.34. The summed E-state index contributed by atoms with van der Waals surface area (Å²) in [4.78, 5) is 17.1. The normalized spacial score (nSPS) is 19.0. The molecule has 0 aromatic heterocycles. The Labute approximate surface area is 159 Å². The number of likely N-dealkylation sites (tertiary alicyclic amines) is 1. The van der Waals surface area contributed by atoms with Crippen LogP contribution in [0.4, 0.5) is 5.69 Å². The zero-order chi connectivity index (χ0) is 18.6. The number of rotatable bonds is 3. The van der Waals surface area contributed by atoms with E-state index in [0.29, 0.717) is 18.7 Å². The van der Waals surface area contributed by atoms with Gasteiger partial charge in [-0.1, -0.05) is 30.3 Å². The SMILES string of the molecule is N#Cc1ccccc1CN1C[C@H](C(=O)N2CCCCC2)Oc2ccccc21. The first-order valence-electron chi connectivity index (χ1n) is 9.53. The van der Waals surface area contributed by atoms with E-state index in [-0.39, 0.29) is 5.91 Å². The van der Waals surface area contributed by atoms with Crippen molar-refractivity contribution < 1.29 is 9.53 Å². The highest BCUT2D eigenvalue weighted by atomic mass is 16.5. The predicted molar refractivity (Wildman–Crippen MR) is 103 cm³/mol. The summed E-state index contributed by atoms with van der Waals surface area (Å²) in [5.41, 5.74) is 2.59. The lowest BCUT2D eigenvalue weighted by atomic mass is 10.1. The maximum absolute atomic E-state index is 13.0. The first-order chi connectivity index (χ1) is 13.3. The topological polar surface area (TPSA) is 56.6 Å². The Morgan fingerprint density at radius 2 is 1.81 bits per heavy atom. The molecule has 2 aromatic carbocycles. The van der Waals surface area contributed by atoms with Gasteiger partial charge in [-0.3, -0.25) is 4.79 Å². The van der Waals surface area contributed by atoms with Gasteiger partial charge in [-0.2, -0.15) is 5.26 Å². The molecule has 1 saturated heterocycles. The smallest absolute Gasteiger partial charge is 0.265 e. The van der Waals surface area contributed by atoms with Crippen molar-refractivity contribution in [2.75, 3.05) is 24.5 Å². The summed E-state index contributed by atoms with van der Waals surface area (Å²) >= 11 is 0. The second-order valence-electron chi connectivity index (χ2n) is 7.11. The van der Waals surface area contributed by atoms with Crippen molar-refractivity contribution in [2.45, 2.75) is 31.9 Å². The predicted octanol–water partition coefficient (Wildman–Crippen LogP) is 3.34. The van der Waals surface area contributed by atoms with Crippen LogP contribution in [0.25, 0.3) is 0 Å². The van der Waals surface area contributed by atoms with Gasteiger partial charge in [-0.25, -0.2) is 0 Å². The molecule has 0 radical (unpaired) electrons. The molecule has 2 heterocycles. The van der Waals surface area contributed by atoms with Crippen LogP contribution in [0.1, 0.15) is 30.4 Å². The van der Waals surface area contributed by atoms with E-state index in [0.717, 1.165) is 42.9 Å². The first kappa shape index (κ1) is 17.4. The third-order valence-corrected chi connectivity index (χ3v) is 5.30. The number of fused-ring (bicyclic) bond motifs is 1. The van der Waals surface area contributed by atoms with E-state index in [4.69, 9.17) is 4.74 Å². The molecule has 5 heteroatoms. The van der Waals surface area contributed by atoms with E-state index in [1.54, 1.807) is 0 Å². The zero-order valence-electron chi connectivity index (χ0n) is 15.3. The fourth-order valence-electron chi connectivity index (χ4n) is 3.88. The van der Waals surface area contributed by atoms with Crippen molar-refractivity contribution in [1.82, 2.24) is 4.90 Å². The average Bonchev–Trinajstić information content (AvgIpc) is 2.74. The fraction of sp³-hybridized carbons (Fsp3) is 0.364. The Morgan fingerprint density at radius 3 is 2.63 bits per heavy atom. The van der Waals surface area contributed by atoms with Crippen LogP contribution in [-0.2, 0) is 11.3 Å². The number of hydrogen-bond donors (Lipinski definition) is 0. The number of carbonyl (C=O) groups is 1. The average molecular weight is 361 g/mol. The maximum atomic E-state index is 13.0. The lowest BCUT2D eigenvalue weighted by molar-refractivity contribution is -0.139. The number of nitrogens with zero attached hydrogens (tertiary/aromatic N) is 3. The van der Waals surface area contributed by atoms with Gasteiger partial charge in [-0.15, -0.1) is 0 Å². The highest BCUT2D eigenvalue weighted by molar-refractivity contribution is 5.83. The van der Waals surface area contributed by atoms with Gasteiger partial charge < -0.3 is 14.5 Å². The molecule has 2 aromatic rings. The summed E-state index contributed by atoms with van der Waals surface area (Å²) in [6.45, 7) is 2.70. The van der Waals surface area contributed by atoms with Crippen molar-refractivity contribution in [3.05, 3.63) is 59.7 Å². The van der Waals surface area contributed by atoms with Crippen molar-refractivity contribution in [3.63, 3.8) is 0 Å².